The van der Waals surface area contributed by atoms with E-state index in [1.165, 1.54) is 0 Å². The Bertz CT molecular complexity index is 1080. The van der Waals surface area contributed by atoms with Gasteiger partial charge >= 0.3 is 0 Å². The van der Waals surface area contributed by atoms with Crippen LogP contribution in [0.4, 0.5) is 0 Å². The van der Waals surface area contributed by atoms with E-state index < -0.39 is 0 Å². The summed E-state index contributed by atoms with van der Waals surface area (Å²) in [6.45, 7) is 1.74. The molecule has 0 amide bonds. The van der Waals surface area contributed by atoms with E-state index in [-0.39, 0.29) is 0 Å². The summed E-state index contributed by atoms with van der Waals surface area (Å²) in [7, 11) is 0. The molecule has 6 nitrogen and oxygen atoms in total. The standard InChI is InChI=1S/C18H14N6S/c1-2-4-13(5-3-1)24-11-15(22-23-24)18-21-14-7-6-12(10-16(14)25-18)17-19-8-9-20-17/h1-7,10-11H,8-9H2,(H,19,20). The number of fused-ring (bicyclic) bond motifs is 1. The Morgan fingerprint density at radius 2 is 2.00 bits per heavy atom. The van der Waals surface area contributed by atoms with Crippen molar-refractivity contribution in [3.63, 3.8) is 0 Å². The summed E-state index contributed by atoms with van der Waals surface area (Å²) >= 11 is 1.62. The van der Waals surface area contributed by atoms with Crippen LogP contribution in [0.5, 0.6) is 0 Å². The zero-order chi connectivity index (χ0) is 16.6. The number of nitrogens with zero attached hydrogens (tertiary/aromatic N) is 5. The number of rotatable bonds is 3. The number of para-hydroxylation sites is 1. The van der Waals surface area contributed by atoms with Crippen LogP contribution in [0.15, 0.2) is 59.7 Å². The maximum absolute atomic E-state index is 4.70. The third-order valence-electron chi connectivity index (χ3n) is 4.07. The molecule has 0 saturated heterocycles. The Morgan fingerprint density at radius 1 is 1.08 bits per heavy atom. The Balaban J connectivity index is 1.52. The Kier molecular flexibility index (Phi) is 3.31. The first-order valence-corrected chi connectivity index (χ1v) is 8.86. The van der Waals surface area contributed by atoms with Gasteiger partial charge in [-0.2, -0.15) is 0 Å². The average Bonchev–Trinajstić information content (AvgIpc) is 3.41. The molecule has 2 aromatic carbocycles. The van der Waals surface area contributed by atoms with Gasteiger partial charge in [-0.1, -0.05) is 23.4 Å². The number of thiazole rings is 1. The van der Waals surface area contributed by atoms with Crippen LogP contribution in [0.1, 0.15) is 5.56 Å². The van der Waals surface area contributed by atoms with Crippen LogP contribution in [0, 0.1) is 0 Å². The SMILES string of the molecule is c1ccc(-n2cc(-c3nc4ccc(C5=NCCN5)cc4s3)nn2)cc1. The molecule has 0 bridgehead atoms. The van der Waals surface area contributed by atoms with E-state index in [4.69, 9.17) is 4.98 Å². The highest BCUT2D eigenvalue weighted by Crippen LogP contribution is 2.30. The third-order valence-corrected chi connectivity index (χ3v) is 5.11. The van der Waals surface area contributed by atoms with Gasteiger partial charge in [-0.05, 0) is 30.3 Å². The molecular formula is C18H14N6S. The van der Waals surface area contributed by atoms with Crippen molar-refractivity contribution in [1.82, 2.24) is 25.3 Å². The predicted molar refractivity (Wildman–Crippen MR) is 99.4 cm³/mol. The van der Waals surface area contributed by atoms with Gasteiger partial charge < -0.3 is 5.32 Å². The first-order valence-electron chi connectivity index (χ1n) is 8.04. The molecule has 0 aliphatic carbocycles. The minimum absolute atomic E-state index is 0.780. The number of amidine groups is 1. The number of benzene rings is 2. The molecular weight excluding hydrogens is 332 g/mol. The molecule has 0 spiro atoms. The molecule has 7 heteroatoms. The largest absolute Gasteiger partial charge is 0.368 e. The molecule has 4 aromatic rings. The quantitative estimate of drug-likeness (QED) is 0.619. The Hall–Kier alpha value is -3.06. The van der Waals surface area contributed by atoms with Crippen molar-refractivity contribution in [3.05, 3.63) is 60.3 Å². The fraction of sp³-hybridized carbons (Fsp3) is 0.111. The minimum Gasteiger partial charge on any atom is -0.368 e. The average molecular weight is 346 g/mol. The molecule has 0 unspecified atom stereocenters. The van der Waals surface area contributed by atoms with Crippen molar-refractivity contribution in [2.24, 2.45) is 4.99 Å². The second-order valence-corrected chi connectivity index (χ2v) is 6.77. The maximum Gasteiger partial charge on any atom is 0.146 e. The van der Waals surface area contributed by atoms with E-state index in [9.17, 15) is 0 Å². The summed E-state index contributed by atoms with van der Waals surface area (Å²) in [5, 5.41) is 12.7. The Labute approximate surface area is 147 Å². The number of aromatic nitrogens is 4. The summed E-state index contributed by atoms with van der Waals surface area (Å²) in [4.78, 5) is 9.18. The highest BCUT2D eigenvalue weighted by molar-refractivity contribution is 7.21. The second kappa shape index (κ2) is 5.78. The van der Waals surface area contributed by atoms with E-state index in [0.29, 0.717) is 0 Å². The van der Waals surface area contributed by atoms with Crippen LogP contribution in [-0.2, 0) is 0 Å². The topological polar surface area (TPSA) is 68.0 Å². The highest BCUT2D eigenvalue weighted by Gasteiger charge is 2.13. The Morgan fingerprint density at radius 3 is 2.84 bits per heavy atom. The molecule has 0 fully saturated rings. The van der Waals surface area contributed by atoms with Crippen molar-refractivity contribution in [2.75, 3.05) is 13.1 Å². The van der Waals surface area contributed by atoms with Crippen molar-refractivity contribution in [1.29, 1.82) is 0 Å². The summed E-state index contributed by atoms with van der Waals surface area (Å²) in [5.74, 6) is 0.965. The molecule has 2 aromatic heterocycles. The van der Waals surface area contributed by atoms with Gasteiger partial charge in [0.2, 0.25) is 0 Å². The molecule has 1 aliphatic heterocycles. The summed E-state index contributed by atoms with van der Waals surface area (Å²) in [6, 6.07) is 16.2. The van der Waals surface area contributed by atoms with Crippen molar-refractivity contribution < 1.29 is 0 Å². The van der Waals surface area contributed by atoms with Crippen LogP contribution >= 0.6 is 11.3 Å². The number of hydrogen-bond donors (Lipinski definition) is 1. The zero-order valence-electron chi connectivity index (χ0n) is 13.3. The van der Waals surface area contributed by atoms with Crippen LogP contribution in [0.25, 0.3) is 26.6 Å². The van der Waals surface area contributed by atoms with Gasteiger partial charge in [-0.25, -0.2) is 9.67 Å². The molecule has 0 radical (unpaired) electrons. The van der Waals surface area contributed by atoms with Gasteiger partial charge in [0.25, 0.3) is 0 Å². The molecule has 122 valence electrons. The lowest BCUT2D eigenvalue weighted by Crippen LogP contribution is -2.19. The molecule has 0 atom stereocenters. The molecule has 3 heterocycles. The summed E-state index contributed by atoms with van der Waals surface area (Å²) in [5.41, 5.74) is 3.84. The van der Waals surface area contributed by atoms with Crippen LogP contribution in [0.3, 0.4) is 0 Å². The smallest absolute Gasteiger partial charge is 0.146 e. The van der Waals surface area contributed by atoms with Gasteiger partial charge in [0.05, 0.1) is 28.6 Å². The third kappa shape index (κ3) is 2.58. The zero-order valence-corrected chi connectivity index (χ0v) is 14.1. The van der Waals surface area contributed by atoms with Gasteiger partial charge in [-0.15, -0.1) is 16.4 Å². The molecule has 1 N–H and O–H groups in total. The van der Waals surface area contributed by atoms with Crippen LogP contribution in [-0.4, -0.2) is 38.9 Å². The van der Waals surface area contributed by atoms with Crippen molar-refractivity contribution in [3.8, 4) is 16.4 Å². The van der Waals surface area contributed by atoms with E-state index in [1.807, 2.05) is 42.6 Å². The first kappa shape index (κ1) is 14.3. The van der Waals surface area contributed by atoms with E-state index in [1.54, 1.807) is 16.0 Å². The predicted octanol–water partition coefficient (Wildman–Crippen LogP) is 2.89. The van der Waals surface area contributed by atoms with Gasteiger partial charge in [0.15, 0.2) is 0 Å². The van der Waals surface area contributed by atoms with E-state index >= 15 is 0 Å². The fourth-order valence-electron chi connectivity index (χ4n) is 2.84. The van der Waals surface area contributed by atoms with Crippen LogP contribution in [0.2, 0.25) is 0 Å². The highest BCUT2D eigenvalue weighted by atomic mass is 32.1. The maximum atomic E-state index is 4.70. The lowest BCUT2D eigenvalue weighted by Gasteiger charge is -2.01. The monoisotopic (exact) mass is 346 g/mol. The molecule has 5 rings (SSSR count). The lowest BCUT2D eigenvalue weighted by molar-refractivity contribution is 0.804. The lowest BCUT2D eigenvalue weighted by atomic mass is 10.2. The first-order chi connectivity index (χ1) is 12.4. The van der Waals surface area contributed by atoms with Gasteiger partial charge in [0, 0.05) is 12.1 Å². The molecule has 1 aliphatic rings. The van der Waals surface area contributed by atoms with Crippen molar-refractivity contribution >= 4 is 27.4 Å². The molecule has 0 saturated carbocycles. The number of hydrogen-bond acceptors (Lipinski definition) is 6. The normalized spacial score (nSPS) is 13.8. The van der Waals surface area contributed by atoms with E-state index in [0.717, 1.165) is 51.1 Å². The number of nitrogens with one attached hydrogen (secondary N) is 1. The number of aliphatic imine (C=N–C) groups is 1. The van der Waals surface area contributed by atoms with Gasteiger partial charge in [0.1, 0.15) is 16.5 Å². The minimum atomic E-state index is 0.780. The second-order valence-electron chi connectivity index (χ2n) is 5.74. The van der Waals surface area contributed by atoms with Crippen molar-refractivity contribution in [2.45, 2.75) is 0 Å². The van der Waals surface area contributed by atoms with Gasteiger partial charge in [-0.3, -0.25) is 4.99 Å². The fourth-order valence-corrected chi connectivity index (χ4v) is 3.80. The molecule has 25 heavy (non-hydrogen) atoms. The van der Waals surface area contributed by atoms with Crippen LogP contribution < -0.4 is 5.32 Å². The summed E-state index contributed by atoms with van der Waals surface area (Å²) < 4.78 is 2.89. The van der Waals surface area contributed by atoms with E-state index in [2.05, 4.69) is 32.8 Å². The summed E-state index contributed by atoms with van der Waals surface area (Å²) in [6.07, 6.45) is 1.91.